The molecule has 96 valence electrons. The average Bonchev–Trinajstić information content (AvgIpc) is 2.64. The van der Waals surface area contributed by atoms with E-state index in [1.807, 2.05) is 0 Å². The standard InChI is InChI=1S/C9H12F3N3OS/c10-9(11,12)8(16)1-3-15(4-2-8)7-14-5-6(13)17-7/h5,16H,1-4,13H2. The van der Waals surface area contributed by atoms with Gasteiger partial charge in [-0.15, -0.1) is 0 Å². The summed E-state index contributed by atoms with van der Waals surface area (Å²) in [6, 6.07) is 0. The molecular weight excluding hydrogens is 255 g/mol. The third kappa shape index (κ3) is 2.32. The predicted molar refractivity (Wildman–Crippen MR) is 59.0 cm³/mol. The third-order valence-corrected chi connectivity index (χ3v) is 3.79. The third-order valence-electron chi connectivity index (χ3n) is 2.90. The summed E-state index contributed by atoms with van der Waals surface area (Å²) in [5.41, 5.74) is 2.94. The van der Waals surface area contributed by atoms with Gasteiger partial charge in [0, 0.05) is 25.9 Å². The van der Waals surface area contributed by atoms with Crippen molar-refractivity contribution >= 4 is 21.5 Å². The van der Waals surface area contributed by atoms with Crippen LogP contribution in [-0.4, -0.2) is 35.0 Å². The molecule has 2 rings (SSSR count). The predicted octanol–water partition coefficient (Wildman–Crippen LogP) is 1.62. The van der Waals surface area contributed by atoms with E-state index in [4.69, 9.17) is 5.73 Å². The van der Waals surface area contributed by atoms with Gasteiger partial charge in [0.1, 0.15) is 5.00 Å². The Balaban J connectivity index is 2.03. The van der Waals surface area contributed by atoms with Gasteiger partial charge in [0.05, 0.1) is 6.20 Å². The summed E-state index contributed by atoms with van der Waals surface area (Å²) in [5, 5.41) is 10.6. The van der Waals surface area contributed by atoms with Crippen LogP contribution in [0.25, 0.3) is 0 Å². The van der Waals surface area contributed by atoms with E-state index < -0.39 is 11.8 Å². The molecular formula is C9H12F3N3OS. The molecule has 1 fully saturated rings. The smallest absolute Gasteiger partial charge is 0.389 e. The van der Waals surface area contributed by atoms with Crippen molar-refractivity contribution in [2.24, 2.45) is 0 Å². The van der Waals surface area contributed by atoms with Gasteiger partial charge in [-0.3, -0.25) is 0 Å². The number of thiazole rings is 1. The number of hydrogen-bond acceptors (Lipinski definition) is 5. The summed E-state index contributed by atoms with van der Waals surface area (Å²) in [4.78, 5) is 5.72. The van der Waals surface area contributed by atoms with Crippen LogP contribution >= 0.6 is 11.3 Å². The zero-order valence-corrected chi connectivity index (χ0v) is 9.68. The summed E-state index contributed by atoms with van der Waals surface area (Å²) in [6.45, 7) is 0.256. The number of anilines is 2. The first-order chi connectivity index (χ1) is 7.82. The Bertz CT molecular complexity index is 398. The highest BCUT2D eigenvalue weighted by molar-refractivity contribution is 7.19. The number of aromatic nitrogens is 1. The van der Waals surface area contributed by atoms with Gasteiger partial charge in [-0.1, -0.05) is 11.3 Å². The zero-order chi connectivity index (χ0) is 12.7. The molecule has 1 aliphatic heterocycles. The van der Waals surface area contributed by atoms with E-state index in [1.54, 1.807) is 4.90 Å². The molecule has 2 heterocycles. The lowest BCUT2D eigenvalue weighted by Gasteiger charge is -2.38. The second-order valence-corrected chi connectivity index (χ2v) is 5.10. The number of piperidine rings is 1. The highest BCUT2D eigenvalue weighted by atomic mass is 32.1. The second kappa shape index (κ2) is 4.02. The molecule has 0 aliphatic carbocycles. The fraction of sp³-hybridized carbons (Fsp3) is 0.667. The van der Waals surface area contributed by atoms with E-state index >= 15 is 0 Å². The van der Waals surface area contributed by atoms with E-state index in [-0.39, 0.29) is 25.9 Å². The number of halogens is 3. The molecule has 4 nitrogen and oxygen atoms in total. The van der Waals surface area contributed by atoms with Crippen molar-refractivity contribution in [1.82, 2.24) is 4.98 Å². The SMILES string of the molecule is Nc1cnc(N2CCC(O)(C(F)(F)F)CC2)s1. The molecule has 0 saturated carbocycles. The van der Waals surface area contributed by atoms with E-state index in [0.717, 1.165) is 0 Å². The second-order valence-electron chi connectivity index (χ2n) is 4.06. The molecule has 1 aromatic rings. The van der Waals surface area contributed by atoms with E-state index in [2.05, 4.69) is 4.98 Å². The van der Waals surface area contributed by atoms with Crippen molar-refractivity contribution in [3.05, 3.63) is 6.20 Å². The molecule has 0 spiro atoms. The Hall–Kier alpha value is -1.02. The molecule has 0 amide bonds. The highest BCUT2D eigenvalue weighted by Crippen LogP contribution is 2.39. The zero-order valence-electron chi connectivity index (χ0n) is 8.87. The molecule has 1 saturated heterocycles. The molecule has 17 heavy (non-hydrogen) atoms. The molecule has 3 N–H and O–H groups in total. The number of rotatable bonds is 1. The summed E-state index contributed by atoms with van der Waals surface area (Å²) in [7, 11) is 0. The van der Waals surface area contributed by atoms with Crippen LogP contribution in [-0.2, 0) is 0 Å². The van der Waals surface area contributed by atoms with Gasteiger partial charge in [-0.25, -0.2) is 4.98 Å². The first-order valence-electron chi connectivity index (χ1n) is 5.07. The van der Waals surface area contributed by atoms with Gasteiger partial charge < -0.3 is 15.7 Å². The van der Waals surface area contributed by atoms with Crippen LogP contribution in [0, 0.1) is 0 Å². The lowest BCUT2D eigenvalue weighted by molar-refractivity contribution is -0.266. The highest BCUT2D eigenvalue weighted by Gasteiger charge is 2.54. The van der Waals surface area contributed by atoms with Crippen molar-refractivity contribution in [2.45, 2.75) is 24.6 Å². The maximum atomic E-state index is 12.6. The number of nitrogens with two attached hydrogens (primary N) is 1. The Labute approximate surface area is 99.9 Å². The first kappa shape index (κ1) is 12.4. The quantitative estimate of drug-likeness (QED) is 0.811. The van der Waals surface area contributed by atoms with Crippen molar-refractivity contribution in [2.75, 3.05) is 23.7 Å². The van der Waals surface area contributed by atoms with E-state index in [1.165, 1.54) is 17.5 Å². The van der Waals surface area contributed by atoms with Gasteiger partial charge in [0.15, 0.2) is 10.7 Å². The van der Waals surface area contributed by atoms with Crippen LogP contribution in [0.5, 0.6) is 0 Å². The fourth-order valence-corrected chi connectivity index (χ4v) is 2.51. The van der Waals surface area contributed by atoms with Gasteiger partial charge in [0.2, 0.25) is 0 Å². The molecule has 0 unspecified atom stereocenters. The monoisotopic (exact) mass is 267 g/mol. The Morgan fingerprint density at radius 2 is 2.00 bits per heavy atom. The van der Waals surface area contributed by atoms with Crippen LogP contribution in [0.1, 0.15) is 12.8 Å². The van der Waals surface area contributed by atoms with E-state index in [0.29, 0.717) is 10.1 Å². The van der Waals surface area contributed by atoms with Crippen LogP contribution in [0.2, 0.25) is 0 Å². The van der Waals surface area contributed by atoms with Crippen molar-refractivity contribution in [3.8, 4) is 0 Å². The van der Waals surface area contributed by atoms with Crippen molar-refractivity contribution in [3.63, 3.8) is 0 Å². The first-order valence-corrected chi connectivity index (χ1v) is 5.89. The molecule has 1 aromatic heterocycles. The summed E-state index contributed by atoms with van der Waals surface area (Å²) in [5.74, 6) is 0. The number of alkyl halides is 3. The van der Waals surface area contributed by atoms with Gasteiger partial charge >= 0.3 is 6.18 Å². The molecule has 0 radical (unpaired) electrons. The summed E-state index contributed by atoms with van der Waals surface area (Å²) in [6.07, 6.45) is -3.77. The van der Waals surface area contributed by atoms with Gasteiger partial charge in [0.25, 0.3) is 0 Å². The largest absolute Gasteiger partial charge is 0.417 e. The molecule has 0 atom stereocenters. The van der Waals surface area contributed by atoms with Gasteiger partial charge in [-0.2, -0.15) is 13.2 Å². The number of aliphatic hydroxyl groups is 1. The maximum Gasteiger partial charge on any atom is 0.417 e. The lowest BCUT2D eigenvalue weighted by atomic mass is 9.91. The lowest BCUT2D eigenvalue weighted by Crippen LogP contribution is -2.53. The van der Waals surface area contributed by atoms with Crippen LogP contribution < -0.4 is 10.6 Å². The van der Waals surface area contributed by atoms with Gasteiger partial charge in [-0.05, 0) is 0 Å². The Morgan fingerprint density at radius 3 is 2.41 bits per heavy atom. The Kier molecular flexibility index (Phi) is 2.94. The minimum Gasteiger partial charge on any atom is -0.389 e. The van der Waals surface area contributed by atoms with Crippen molar-refractivity contribution < 1.29 is 18.3 Å². The molecule has 0 bridgehead atoms. The minimum absolute atomic E-state index is 0.128. The van der Waals surface area contributed by atoms with Crippen LogP contribution in [0.15, 0.2) is 6.20 Å². The fourth-order valence-electron chi connectivity index (χ4n) is 1.77. The van der Waals surface area contributed by atoms with Crippen molar-refractivity contribution in [1.29, 1.82) is 0 Å². The summed E-state index contributed by atoms with van der Waals surface area (Å²) < 4.78 is 37.7. The molecule has 1 aliphatic rings. The van der Waals surface area contributed by atoms with E-state index in [9.17, 15) is 18.3 Å². The Morgan fingerprint density at radius 1 is 1.41 bits per heavy atom. The number of nitrogens with zero attached hydrogens (tertiary/aromatic N) is 2. The van der Waals surface area contributed by atoms with Crippen LogP contribution in [0.3, 0.4) is 0 Å². The number of nitrogen functional groups attached to an aromatic ring is 1. The maximum absolute atomic E-state index is 12.6. The molecule has 0 aromatic carbocycles. The van der Waals surface area contributed by atoms with Crippen LogP contribution in [0.4, 0.5) is 23.3 Å². The minimum atomic E-state index is -4.57. The molecule has 8 heteroatoms. The topological polar surface area (TPSA) is 62.4 Å². The number of hydrogen-bond donors (Lipinski definition) is 2. The normalized spacial score (nSPS) is 20.6. The summed E-state index contributed by atoms with van der Waals surface area (Å²) >= 11 is 1.23. The average molecular weight is 267 g/mol.